The van der Waals surface area contributed by atoms with E-state index in [0.29, 0.717) is 34.6 Å². The minimum atomic E-state index is -3.51. The molecule has 0 radical (unpaired) electrons. The van der Waals surface area contributed by atoms with Gasteiger partial charge < -0.3 is 4.42 Å². The number of hydrogen-bond donors (Lipinski definition) is 0. The summed E-state index contributed by atoms with van der Waals surface area (Å²) in [6.07, 6.45) is 1.50. The van der Waals surface area contributed by atoms with Crippen LogP contribution in [-0.2, 0) is 10.0 Å². The lowest BCUT2D eigenvalue weighted by atomic mass is 10.00. The highest BCUT2D eigenvalue weighted by atomic mass is 32.2. The average molecular weight is 407 g/mol. The smallest absolute Gasteiger partial charge is 0.252 e. The summed E-state index contributed by atoms with van der Waals surface area (Å²) in [5.41, 5.74) is 0.629. The van der Waals surface area contributed by atoms with Gasteiger partial charge in [0.1, 0.15) is 10.0 Å². The third kappa shape index (κ3) is 3.67. The van der Waals surface area contributed by atoms with Crippen LogP contribution in [0.1, 0.15) is 29.5 Å². The van der Waals surface area contributed by atoms with Crippen molar-refractivity contribution < 1.29 is 17.2 Å². The SMILES string of the molecule is Cc1ccc(S(=O)(=O)N2CCCC(c3nnc(-c4ccc(F)cc4)o3)C2)s1. The van der Waals surface area contributed by atoms with E-state index in [-0.39, 0.29) is 11.7 Å². The number of piperidine rings is 1. The van der Waals surface area contributed by atoms with Crippen LogP contribution < -0.4 is 0 Å². The Hall–Kier alpha value is -2.10. The van der Waals surface area contributed by atoms with Crippen LogP contribution in [0.2, 0.25) is 0 Å². The number of thiophene rings is 1. The van der Waals surface area contributed by atoms with Crippen molar-refractivity contribution in [2.75, 3.05) is 13.1 Å². The third-order valence-electron chi connectivity index (χ3n) is 4.58. The van der Waals surface area contributed by atoms with E-state index in [0.717, 1.165) is 17.7 Å². The summed E-state index contributed by atoms with van der Waals surface area (Å²) in [6, 6.07) is 9.27. The fourth-order valence-electron chi connectivity index (χ4n) is 3.15. The first-order chi connectivity index (χ1) is 12.9. The second-order valence-electron chi connectivity index (χ2n) is 6.52. The van der Waals surface area contributed by atoms with E-state index in [2.05, 4.69) is 10.2 Å². The lowest BCUT2D eigenvalue weighted by molar-refractivity contribution is 0.286. The highest BCUT2D eigenvalue weighted by Crippen LogP contribution is 2.32. The average Bonchev–Trinajstić information content (AvgIpc) is 3.32. The Bertz CT molecular complexity index is 1040. The van der Waals surface area contributed by atoms with Gasteiger partial charge in [0.2, 0.25) is 11.8 Å². The fourth-order valence-corrected chi connectivity index (χ4v) is 6.11. The Morgan fingerprint density at radius 1 is 1.19 bits per heavy atom. The van der Waals surface area contributed by atoms with Gasteiger partial charge in [0.25, 0.3) is 10.0 Å². The molecule has 142 valence electrons. The van der Waals surface area contributed by atoms with Crippen LogP contribution in [0, 0.1) is 12.7 Å². The number of halogens is 1. The maximum Gasteiger partial charge on any atom is 0.252 e. The van der Waals surface area contributed by atoms with Crippen molar-refractivity contribution in [2.45, 2.75) is 29.9 Å². The van der Waals surface area contributed by atoms with Crippen molar-refractivity contribution in [1.29, 1.82) is 0 Å². The molecule has 1 unspecified atom stereocenters. The largest absolute Gasteiger partial charge is 0.420 e. The quantitative estimate of drug-likeness (QED) is 0.657. The number of hydrogen-bond acceptors (Lipinski definition) is 6. The molecule has 1 saturated heterocycles. The molecule has 2 aromatic heterocycles. The van der Waals surface area contributed by atoms with E-state index in [1.807, 2.05) is 13.0 Å². The molecule has 0 spiro atoms. The number of nitrogens with zero attached hydrogens (tertiary/aromatic N) is 3. The fraction of sp³-hybridized carbons (Fsp3) is 0.333. The van der Waals surface area contributed by atoms with Gasteiger partial charge in [-0.15, -0.1) is 21.5 Å². The maximum atomic E-state index is 13.1. The molecule has 6 nitrogen and oxygen atoms in total. The Morgan fingerprint density at radius 3 is 2.67 bits per heavy atom. The van der Waals surface area contributed by atoms with Crippen LogP contribution in [0.3, 0.4) is 0 Å². The van der Waals surface area contributed by atoms with E-state index in [4.69, 9.17) is 4.42 Å². The second kappa shape index (κ2) is 7.14. The molecular formula is C18H18FN3O3S2. The maximum absolute atomic E-state index is 13.1. The van der Waals surface area contributed by atoms with Gasteiger partial charge in [-0.05, 0) is 56.2 Å². The second-order valence-corrected chi connectivity index (χ2v) is 9.97. The molecule has 0 N–H and O–H groups in total. The van der Waals surface area contributed by atoms with Crippen LogP contribution >= 0.6 is 11.3 Å². The first-order valence-electron chi connectivity index (χ1n) is 8.59. The van der Waals surface area contributed by atoms with Gasteiger partial charge >= 0.3 is 0 Å². The topological polar surface area (TPSA) is 76.3 Å². The molecule has 0 amide bonds. The lowest BCUT2D eigenvalue weighted by Gasteiger charge is -2.29. The molecule has 0 aliphatic carbocycles. The van der Waals surface area contributed by atoms with Gasteiger partial charge in [-0.3, -0.25) is 0 Å². The number of benzene rings is 1. The molecule has 0 bridgehead atoms. The number of aryl methyl sites for hydroxylation is 1. The van der Waals surface area contributed by atoms with E-state index < -0.39 is 10.0 Å². The summed E-state index contributed by atoms with van der Waals surface area (Å²) in [5, 5.41) is 8.14. The molecule has 3 heterocycles. The Kier molecular flexibility index (Phi) is 4.83. The van der Waals surface area contributed by atoms with Crippen LogP contribution in [-0.4, -0.2) is 36.0 Å². The molecule has 1 aliphatic rings. The van der Waals surface area contributed by atoms with Crippen molar-refractivity contribution in [3.63, 3.8) is 0 Å². The van der Waals surface area contributed by atoms with Crippen molar-refractivity contribution in [3.05, 3.63) is 53.0 Å². The van der Waals surface area contributed by atoms with Gasteiger partial charge in [0.15, 0.2) is 0 Å². The zero-order chi connectivity index (χ0) is 19.0. The van der Waals surface area contributed by atoms with Gasteiger partial charge in [0, 0.05) is 23.5 Å². The van der Waals surface area contributed by atoms with E-state index >= 15 is 0 Å². The van der Waals surface area contributed by atoms with Crippen LogP contribution in [0.25, 0.3) is 11.5 Å². The molecular weight excluding hydrogens is 389 g/mol. The summed E-state index contributed by atoms with van der Waals surface area (Å²) in [5.74, 6) is 0.224. The number of sulfonamides is 1. The summed E-state index contributed by atoms with van der Waals surface area (Å²) in [4.78, 5) is 0.961. The molecule has 1 fully saturated rings. The van der Waals surface area contributed by atoms with Crippen molar-refractivity contribution in [1.82, 2.24) is 14.5 Å². The monoisotopic (exact) mass is 407 g/mol. The van der Waals surface area contributed by atoms with E-state index in [1.54, 1.807) is 18.2 Å². The van der Waals surface area contributed by atoms with Gasteiger partial charge in [-0.25, -0.2) is 12.8 Å². The first-order valence-corrected chi connectivity index (χ1v) is 10.8. The molecule has 1 atom stereocenters. The van der Waals surface area contributed by atoms with Crippen molar-refractivity contribution in [3.8, 4) is 11.5 Å². The Balaban J connectivity index is 1.54. The molecule has 1 aromatic carbocycles. The zero-order valence-electron chi connectivity index (χ0n) is 14.6. The molecule has 4 rings (SSSR count). The standard InChI is InChI=1S/C18H18FN3O3S2/c1-12-4-9-16(26-12)27(23,24)22-10-2-3-14(11-22)18-21-20-17(25-18)13-5-7-15(19)8-6-13/h4-9,14H,2-3,10-11H2,1H3. The predicted molar refractivity (Wildman–Crippen MR) is 99.5 cm³/mol. The molecule has 1 aliphatic heterocycles. The minimum absolute atomic E-state index is 0.156. The van der Waals surface area contributed by atoms with Gasteiger partial charge in [-0.1, -0.05) is 0 Å². The van der Waals surface area contributed by atoms with E-state index in [1.165, 1.54) is 27.8 Å². The highest BCUT2D eigenvalue weighted by molar-refractivity contribution is 7.91. The van der Waals surface area contributed by atoms with Crippen LogP contribution in [0.4, 0.5) is 4.39 Å². The third-order valence-corrected chi connectivity index (χ3v) is 7.91. The predicted octanol–water partition coefficient (Wildman–Crippen LogP) is 3.81. The zero-order valence-corrected chi connectivity index (χ0v) is 16.3. The Labute approximate surface area is 160 Å². The lowest BCUT2D eigenvalue weighted by Crippen LogP contribution is -2.38. The van der Waals surface area contributed by atoms with Gasteiger partial charge in [-0.2, -0.15) is 4.31 Å². The summed E-state index contributed by atoms with van der Waals surface area (Å²) in [6.45, 7) is 2.68. The number of rotatable bonds is 4. The van der Waals surface area contributed by atoms with E-state index in [9.17, 15) is 12.8 Å². The molecule has 3 aromatic rings. The van der Waals surface area contributed by atoms with Gasteiger partial charge in [0.05, 0.1) is 5.92 Å². The van der Waals surface area contributed by atoms with Crippen LogP contribution in [0.5, 0.6) is 0 Å². The summed E-state index contributed by atoms with van der Waals surface area (Å²) in [7, 11) is -3.51. The highest BCUT2D eigenvalue weighted by Gasteiger charge is 2.34. The molecule has 27 heavy (non-hydrogen) atoms. The molecule has 0 saturated carbocycles. The summed E-state index contributed by atoms with van der Waals surface area (Å²) >= 11 is 1.28. The van der Waals surface area contributed by atoms with Crippen LogP contribution in [0.15, 0.2) is 45.0 Å². The van der Waals surface area contributed by atoms with Crippen molar-refractivity contribution in [2.24, 2.45) is 0 Å². The minimum Gasteiger partial charge on any atom is -0.420 e. The normalized spacial score (nSPS) is 18.7. The first kappa shape index (κ1) is 18.3. The summed E-state index contributed by atoms with van der Waals surface area (Å²) < 4.78 is 46.4. The van der Waals surface area contributed by atoms with Crippen molar-refractivity contribution >= 4 is 21.4 Å². The molecule has 9 heteroatoms. The number of aromatic nitrogens is 2. The Morgan fingerprint density at radius 2 is 1.96 bits per heavy atom.